The van der Waals surface area contributed by atoms with Gasteiger partial charge in [0.05, 0.1) is 21.3 Å². The fraction of sp³-hybridized carbons (Fsp3) is 0.286. The molecule has 0 radical (unpaired) electrons. The molecule has 21 heavy (non-hydrogen) atoms. The summed E-state index contributed by atoms with van der Waals surface area (Å²) < 4.78 is 1.68. The van der Waals surface area contributed by atoms with E-state index in [2.05, 4.69) is 5.10 Å². The fourth-order valence-electron chi connectivity index (χ4n) is 2.14. The maximum Gasteiger partial charge on any atom is 0.154 e. The maximum absolute atomic E-state index is 11.4. The fourth-order valence-corrected chi connectivity index (χ4v) is 3.61. The molecule has 0 atom stereocenters. The lowest BCUT2D eigenvalue weighted by Crippen LogP contribution is -1.93. The summed E-state index contributed by atoms with van der Waals surface area (Å²) in [7, 11) is 1.80. The summed E-state index contributed by atoms with van der Waals surface area (Å²) in [5, 5.41) is 15.5. The van der Waals surface area contributed by atoms with E-state index < -0.39 is 0 Å². The normalized spacial score (nSPS) is 14.4. The molecule has 7 heteroatoms. The Kier molecular flexibility index (Phi) is 3.90. The molecule has 1 saturated carbocycles. The van der Waals surface area contributed by atoms with Gasteiger partial charge in [0.1, 0.15) is 10.8 Å². The van der Waals surface area contributed by atoms with Crippen molar-refractivity contribution in [2.75, 3.05) is 0 Å². The van der Waals surface area contributed by atoms with Crippen LogP contribution in [0.15, 0.2) is 22.1 Å². The molecule has 1 aliphatic carbocycles. The standard InChI is InChI=1S/C14H12Cl2N2O2S/c1-18-14(8(6-19)13(17-18)7-2-3-7)21-12-5-11(20)9(15)4-10(12)16/h4-7,20H,2-3H2,1H3. The van der Waals surface area contributed by atoms with Crippen LogP contribution in [0.5, 0.6) is 5.75 Å². The van der Waals surface area contributed by atoms with E-state index >= 15 is 0 Å². The second kappa shape index (κ2) is 5.55. The number of aromatic nitrogens is 2. The lowest BCUT2D eigenvalue weighted by atomic mass is 10.2. The highest BCUT2D eigenvalue weighted by molar-refractivity contribution is 7.99. The SMILES string of the molecule is Cn1nc(C2CC2)c(C=O)c1Sc1cc(O)c(Cl)cc1Cl. The number of phenolic OH excluding ortho intramolecular Hbond substituents is 1. The molecule has 110 valence electrons. The van der Waals surface area contributed by atoms with Gasteiger partial charge in [-0.3, -0.25) is 9.48 Å². The number of phenols is 1. The first-order valence-corrected chi connectivity index (χ1v) is 7.96. The molecule has 3 rings (SSSR count). The second-order valence-corrected chi connectivity index (χ2v) is 6.80. The van der Waals surface area contributed by atoms with E-state index in [4.69, 9.17) is 23.2 Å². The van der Waals surface area contributed by atoms with Crippen molar-refractivity contribution < 1.29 is 9.90 Å². The van der Waals surface area contributed by atoms with Crippen molar-refractivity contribution in [3.63, 3.8) is 0 Å². The van der Waals surface area contributed by atoms with Crippen LogP contribution < -0.4 is 0 Å². The predicted octanol–water partition coefficient (Wildman–Crippen LogP) is 4.27. The number of aromatic hydroxyl groups is 1. The van der Waals surface area contributed by atoms with Crippen LogP contribution in [-0.4, -0.2) is 21.2 Å². The van der Waals surface area contributed by atoms with E-state index in [-0.39, 0.29) is 10.8 Å². The van der Waals surface area contributed by atoms with Crippen molar-refractivity contribution in [3.05, 3.63) is 33.4 Å². The smallest absolute Gasteiger partial charge is 0.154 e. The van der Waals surface area contributed by atoms with Gasteiger partial charge >= 0.3 is 0 Å². The minimum atomic E-state index is -0.0409. The monoisotopic (exact) mass is 342 g/mol. The van der Waals surface area contributed by atoms with Gasteiger partial charge in [0.15, 0.2) is 6.29 Å². The third-order valence-electron chi connectivity index (χ3n) is 3.35. The molecule has 0 bridgehead atoms. The Hall–Kier alpha value is -1.17. The van der Waals surface area contributed by atoms with Crippen LogP contribution in [0.3, 0.4) is 0 Å². The molecule has 1 aromatic heterocycles. The molecule has 1 N–H and O–H groups in total. The zero-order valence-electron chi connectivity index (χ0n) is 11.1. The van der Waals surface area contributed by atoms with E-state index in [1.165, 1.54) is 23.9 Å². The van der Waals surface area contributed by atoms with E-state index in [1.807, 2.05) is 0 Å². The van der Waals surface area contributed by atoms with Crippen molar-refractivity contribution in [2.24, 2.45) is 7.05 Å². The third kappa shape index (κ3) is 2.78. The number of benzene rings is 1. The molecule has 0 unspecified atom stereocenters. The van der Waals surface area contributed by atoms with Crippen LogP contribution in [0, 0.1) is 0 Å². The van der Waals surface area contributed by atoms with E-state index in [9.17, 15) is 9.90 Å². The zero-order chi connectivity index (χ0) is 15.1. The average Bonchev–Trinajstić information content (AvgIpc) is 3.22. The summed E-state index contributed by atoms with van der Waals surface area (Å²) in [6, 6.07) is 2.98. The Bertz CT molecular complexity index is 726. The van der Waals surface area contributed by atoms with Gasteiger partial charge in [0, 0.05) is 17.9 Å². The summed E-state index contributed by atoms with van der Waals surface area (Å²) >= 11 is 13.3. The lowest BCUT2D eigenvalue weighted by molar-refractivity contribution is 0.111. The van der Waals surface area contributed by atoms with Crippen molar-refractivity contribution in [1.82, 2.24) is 9.78 Å². The number of carbonyl (C=O) groups is 1. The highest BCUT2D eigenvalue weighted by atomic mass is 35.5. The molecule has 4 nitrogen and oxygen atoms in total. The summed E-state index contributed by atoms with van der Waals surface area (Å²) in [6.07, 6.45) is 2.99. The van der Waals surface area contributed by atoms with E-state index in [0.717, 1.165) is 29.8 Å². The van der Waals surface area contributed by atoms with Gasteiger partial charge < -0.3 is 5.11 Å². The van der Waals surface area contributed by atoms with Crippen molar-refractivity contribution in [3.8, 4) is 5.75 Å². The summed E-state index contributed by atoms with van der Waals surface area (Å²) in [6.45, 7) is 0. The number of hydrogen-bond acceptors (Lipinski definition) is 4. The third-order valence-corrected chi connectivity index (χ3v) is 5.31. The molecule has 1 fully saturated rings. The molecular formula is C14H12Cl2N2O2S. The van der Waals surface area contributed by atoms with Crippen LogP contribution in [0.1, 0.15) is 34.8 Å². The number of carbonyl (C=O) groups excluding carboxylic acids is 1. The van der Waals surface area contributed by atoms with E-state index in [1.54, 1.807) is 11.7 Å². The first-order chi connectivity index (χ1) is 10.0. The van der Waals surface area contributed by atoms with E-state index in [0.29, 0.717) is 21.4 Å². The summed E-state index contributed by atoms with van der Waals surface area (Å²) in [5.41, 5.74) is 1.46. The molecule has 0 amide bonds. The van der Waals surface area contributed by atoms with Gasteiger partial charge in [-0.1, -0.05) is 35.0 Å². The number of halogens is 2. The summed E-state index contributed by atoms with van der Waals surface area (Å²) in [4.78, 5) is 12.1. The van der Waals surface area contributed by atoms with Gasteiger partial charge in [-0.05, 0) is 25.0 Å². The van der Waals surface area contributed by atoms with Gasteiger partial charge in [0.25, 0.3) is 0 Å². The largest absolute Gasteiger partial charge is 0.506 e. The quantitative estimate of drug-likeness (QED) is 0.842. The van der Waals surface area contributed by atoms with Crippen LogP contribution in [-0.2, 0) is 7.05 Å². The predicted molar refractivity (Wildman–Crippen MR) is 82.8 cm³/mol. The number of aryl methyl sites for hydroxylation is 1. The minimum absolute atomic E-state index is 0.0409. The number of nitrogens with zero attached hydrogens (tertiary/aromatic N) is 2. The van der Waals surface area contributed by atoms with Crippen LogP contribution in [0.25, 0.3) is 0 Å². The Labute approximate surface area is 136 Å². The van der Waals surface area contributed by atoms with Gasteiger partial charge in [-0.2, -0.15) is 5.10 Å². The van der Waals surface area contributed by atoms with Crippen molar-refractivity contribution >= 4 is 41.2 Å². The Morgan fingerprint density at radius 1 is 1.38 bits per heavy atom. The molecule has 2 aromatic rings. The van der Waals surface area contributed by atoms with Crippen LogP contribution >= 0.6 is 35.0 Å². The number of aldehydes is 1. The zero-order valence-corrected chi connectivity index (χ0v) is 13.5. The first kappa shape index (κ1) is 14.8. The molecule has 1 aromatic carbocycles. The Morgan fingerprint density at radius 3 is 2.71 bits per heavy atom. The molecule has 0 aliphatic heterocycles. The Morgan fingerprint density at radius 2 is 2.10 bits per heavy atom. The number of rotatable bonds is 4. The second-order valence-electron chi connectivity index (χ2n) is 4.96. The molecule has 0 saturated heterocycles. The molecule has 1 aliphatic rings. The highest BCUT2D eigenvalue weighted by Crippen LogP contribution is 2.45. The highest BCUT2D eigenvalue weighted by Gasteiger charge is 2.31. The van der Waals surface area contributed by atoms with Gasteiger partial charge in [-0.25, -0.2) is 0 Å². The van der Waals surface area contributed by atoms with Crippen LogP contribution in [0.2, 0.25) is 10.0 Å². The van der Waals surface area contributed by atoms with Crippen LogP contribution in [0.4, 0.5) is 0 Å². The summed E-state index contributed by atoms with van der Waals surface area (Å²) in [5.74, 6) is 0.348. The molecule has 1 heterocycles. The lowest BCUT2D eigenvalue weighted by Gasteiger charge is -2.07. The van der Waals surface area contributed by atoms with Crippen molar-refractivity contribution in [2.45, 2.75) is 28.7 Å². The Balaban J connectivity index is 2.02. The maximum atomic E-state index is 11.4. The van der Waals surface area contributed by atoms with Gasteiger partial charge in [-0.15, -0.1) is 0 Å². The number of hydrogen-bond donors (Lipinski definition) is 1. The first-order valence-electron chi connectivity index (χ1n) is 6.39. The topological polar surface area (TPSA) is 55.1 Å². The van der Waals surface area contributed by atoms with Crippen molar-refractivity contribution in [1.29, 1.82) is 0 Å². The molecular weight excluding hydrogens is 331 g/mol. The van der Waals surface area contributed by atoms with Gasteiger partial charge in [0.2, 0.25) is 0 Å². The molecule has 0 spiro atoms. The minimum Gasteiger partial charge on any atom is -0.506 e. The average molecular weight is 343 g/mol.